The molecule has 1 aliphatic rings. The van der Waals surface area contributed by atoms with Gasteiger partial charge >= 0.3 is 0 Å². The van der Waals surface area contributed by atoms with Gasteiger partial charge in [-0.3, -0.25) is 14.5 Å². The highest BCUT2D eigenvalue weighted by molar-refractivity contribution is 6.51. The summed E-state index contributed by atoms with van der Waals surface area (Å²) in [5.74, 6) is -1.22. The van der Waals surface area contributed by atoms with Crippen LogP contribution in [0.1, 0.15) is 49.1 Å². The fraction of sp³-hybridized carbons (Fsp3) is 0.241. The number of aryl methyl sites for hydroxylation is 1. The summed E-state index contributed by atoms with van der Waals surface area (Å²) in [5, 5.41) is 11.6. The molecule has 3 aromatic rings. The maximum atomic E-state index is 13.4. The standard InChI is InChI=1S/C29H29NO4/c1-18-10-9-13-21(16-18)30-25(19-11-7-6-8-12-19)24(27(32)28(30)33)26(31)22-17-20(29(2,3)4)14-15-23(22)34-5/h6-17,25,31H,1-5H3/b26-24+. The van der Waals surface area contributed by atoms with Crippen molar-refractivity contribution in [3.63, 3.8) is 0 Å². The van der Waals surface area contributed by atoms with Crippen LogP contribution in [-0.2, 0) is 15.0 Å². The molecule has 5 nitrogen and oxygen atoms in total. The number of Topliss-reactive ketones (excluding diaryl/α,β-unsaturated/α-hetero) is 1. The number of anilines is 1. The number of ketones is 1. The molecule has 1 fully saturated rings. The Kier molecular flexibility index (Phi) is 6.05. The molecule has 174 valence electrons. The Balaban J connectivity index is 1.99. The van der Waals surface area contributed by atoms with Gasteiger partial charge in [0.1, 0.15) is 11.5 Å². The lowest BCUT2D eigenvalue weighted by molar-refractivity contribution is -0.132. The van der Waals surface area contributed by atoms with Crippen LogP contribution in [0.5, 0.6) is 5.75 Å². The zero-order valence-electron chi connectivity index (χ0n) is 20.1. The molecule has 0 aromatic heterocycles. The van der Waals surface area contributed by atoms with Crippen molar-refractivity contribution < 1.29 is 19.4 Å². The van der Waals surface area contributed by atoms with E-state index in [1.165, 1.54) is 12.0 Å². The van der Waals surface area contributed by atoms with E-state index in [-0.39, 0.29) is 16.7 Å². The van der Waals surface area contributed by atoms with Crippen LogP contribution in [0.25, 0.3) is 5.76 Å². The Labute approximate surface area is 200 Å². The number of rotatable bonds is 4. The molecule has 0 spiro atoms. The van der Waals surface area contributed by atoms with Gasteiger partial charge in [0.05, 0.1) is 24.3 Å². The molecule has 1 amide bonds. The number of aliphatic hydroxyl groups excluding tert-OH is 1. The van der Waals surface area contributed by atoms with Crippen LogP contribution in [0.4, 0.5) is 5.69 Å². The zero-order valence-corrected chi connectivity index (χ0v) is 20.1. The Morgan fingerprint density at radius 3 is 2.26 bits per heavy atom. The number of carbonyl (C=O) groups is 2. The number of hydrogen-bond acceptors (Lipinski definition) is 4. The number of hydrogen-bond donors (Lipinski definition) is 1. The molecule has 1 heterocycles. The molecule has 1 N–H and O–H groups in total. The van der Waals surface area contributed by atoms with Gasteiger partial charge in [-0.2, -0.15) is 0 Å². The lowest BCUT2D eigenvalue weighted by Gasteiger charge is -2.26. The van der Waals surface area contributed by atoms with Crippen molar-refractivity contribution >= 4 is 23.1 Å². The molecule has 0 bridgehead atoms. The summed E-state index contributed by atoms with van der Waals surface area (Å²) in [6, 6.07) is 21.5. The van der Waals surface area contributed by atoms with E-state index in [0.29, 0.717) is 17.0 Å². The lowest BCUT2D eigenvalue weighted by atomic mass is 9.85. The molecule has 3 aromatic carbocycles. The second-order valence-electron chi connectivity index (χ2n) is 9.58. The van der Waals surface area contributed by atoms with E-state index in [9.17, 15) is 14.7 Å². The number of nitrogens with zero attached hydrogens (tertiary/aromatic N) is 1. The summed E-state index contributed by atoms with van der Waals surface area (Å²) in [5.41, 5.74) is 3.51. The average molecular weight is 456 g/mol. The minimum Gasteiger partial charge on any atom is -0.507 e. The van der Waals surface area contributed by atoms with E-state index in [1.54, 1.807) is 12.1 Å². The summed E-state index contributed by atoms with van der Waals surface area (Å²) in [4.78, 5) is 28.2. The van der Waals surface area contributed by atoms with Gasteiger partial charge in [-0.1, -0.05) is 69.3 Å². The van der Waals surface area contributed by atoms with Crippen molar-refractivity contribution in [2.45, 2.75) is 39.2 Å². The normalized spacial score (nSPS) is 17.8. The zero-order chi connectivity index (χ0) is 24.6. The fourth-order valence-electron chi connectivity index (χ4n) is 4.33. The van der Waals surface area contributed by atoms with Gasteiger partial charge in [-0.05, 0) is 53.3 Å². The molecular formula is C29H29NO4. The minimum atomic E-state index is -0.772. The molecule has 1 saturated heterocycles. The lowest BCUT2D eigenvalue weighted by Crippen LogP contribution is -2.29. The first-order valence-corrected chi connectivity index (χ1v) is 11.2. The quantitative estimate of drug-likeness (QED) is 0.301. The fourth-order valence-corrected chi connectivity index (χ4v) is 4.33. The monoisotopic (exact) mass is 455 g/mol. The molecule has 1 atom stereocenters. The molecular weight excluding hydrogens is 426 g/mol. The Hall–Kier alpha value is -3.86. The first kappa shape index (κ1) is 23.3. The number of carbonyl (C=O) groups excluding carboxylic acids is 2. The maximum absolute atomic E-state index is 13.4. The average Bonchev–Trinajstić information content (AvgIpc) is 3.08. The van der Waals surface area contributed by atoms with E-state index in [0.717, 1.165) is 16.7 Å². The van der Waals surface area contributed by atoms with Crippen molar-refractivity contribution in [1.82, 2.24) is 0 Å². The van der Waals surface area contributed by atoms with Crippen molar-refractivity contribution in [3.05, 3.63) is 101 Å². The largest absolute Gasteiger partial charge is 0.507 e. The molecule has 34 heavy (non-hydrogen) atoms. The van der Waals surface area contributed by atoms with Gasteiger partial charge in [0.2, 0.25) is 0 Å². The topological polar surface area (TPSA) is 66.8 Å². The van der Waals surface area contributed by atoms with E-state index < -0.39 is 17.7 Å². The van der Waals surface area contributed by atoms with Crippen molar-refractivity contribution in [2.24, 2.45) is 0 Å². The smallest absolute Gasteiger partial charge is 0.300 e. The van der Waals surface area contributed by atoms with E-state index >= 15 is 0 Å². The highest BCUT2D eigenvalue weighted by Gasteiger charge is 2.47. The third-order valence-corrected chi connectivity index (χ3v) is 6.16. The number of aliphatic hydroxyl groups is 1. The molecule has 0 saturated carbocycles. The first-order chi connectivity index (χ1) is 16.1. The van der Waals surface area contributed by atoms with E-state index in [4.69, 9.17) is 4.74 Å². The van der Waals surface area contributed by atoms with Gasteiger partial charge in [0.25, 0.3) is 11.7 Å². The SMILES string of the molecule is COc1ccc(C(C)(C)C)cc1/C(O)=C1\C(=O)C(=O)N(c2cccc(C)c2)C1c1ccccc1. The highest BCUT2D eigenvalue weighted by atomic mass is 16.5. The predicted octanol–water partition coefficient (Wildman–Crippen LogP) is 5.93. The van der Waals surface area contributed by atoms with Crippen LogP contribution < -0.4 is 9.64 Å². The number of ether oxygens (including phenoxy) is 1. The second-order valence-corrected chi connectivity index (χ2v) is 9.58. The summed E-state index contributed by atoms with van der Waals surface area (Å²) in [6.07, 6.45) is 0. The van der Waals surface area contributed by atoms with Crippen molar-refractivity contribution in [1.29, 1.82) is 0 Å². The summed E-state index contributed by atoms with van der Waals surface area (Å²) < 4.78 is 5.52. The number of benzene rings is 3. The van der Waals surface area contributed by atoms with Crippen molar-refractivity contribution in [2.75, 3.05) is 12.0 Å². The van der Waals surface area contributed by atoms with Crippen LogP contribution in [0.3, 0.4) is 0 Å². The number of methoxy groups -OCH3 is 1. The van der Waals surface area contributed by atoms with Crippen LogP contribution >= 0.6 is 0 Å². The van der Waals surface area contributed by atoms with E-state index in [1.807, 2.05) is 67.6 Å². The number of amides is 1. The van der Waals surface area contributed by atoms with E-state index in [2.05, 4.69) is 20.8 Å². The Morgan fingerprint density at radius 2 is 1.65 bits per heavy atom. The Bertz CT molecular complexity index is 1280. The minimum absolute atomic E-state index is 0.0436. The molecule has 1 unspecified atom stereocenters. The molecule has 1 aliphatic heterocycles. The molecule has 0 aliphatic carbocycles. The first-order valence-electron chi connectivity index (χ1n) is 11.2. The van der Waals surface area contributed by atoms with Gasteiger partial charge in [-0.25, -0.2) is 0 Å². The van der Waals surface area contributed by atoms with Gasteiger partial charge < -0.3 is 9.84 Å². The summed E-state index contributed by atoms with van der Waals surface area (Å²) in [6.45, 7) is 8.14. The summed E-state index contributed by atoms with van der Waals surface area (Å²) in [7, 11) is 1.52. The van der Waals surface area contributed by atoms with Crippen LogP contribution in [0, 0.1) is 6.92 Å². The third-order valence-electron chi connectivity index (χ3n) is 6.16. The highest BCUT2D eigenvalue weighted by Crippen LogP contribution is 2.43. The van der Waals surface area contributed by atoms with Crippen LogP contribution in [-0.4, -0.2) is 23.9 Å². The molecule has 0 radical (unpaired) electrons. The molecule has 4 rings (SSSR count). The van der Waals surface area contributed by atoms with Gasteiger partial charge in [0.15, 0.2) is 0 Å². The third kappa shape index (κ3) is 4.10. The van der Waals surface area contributed by atoms with Crippen molar-refractivity contribution in [3.8, 4) is 5.75 Å². The molecule has 5 heteroatoms. The Morgan fingerprint density at radius 1 is 0.941 bits per heavy atom. The predicted molar refractivity (Wildman–Crippen MR) is 134 cm³/mol. The van der Waals surface area contributed by atoms with Crippen LogP contribution in [0.15, 0.2) is 78.4 Å². The van der Waals surface area contributed by atoms with Crippen LogP contribution in [0.2, 0.25) is 0 Å². The van der Waals surface area contributed by atoms with Gasteiger partial charge in [-0.15, -0.1) is 0 Å². The summed E-state index contributed by atoms with van der Waals surface area (Å²) >= 11 is 0. The maximum Gasteiger partial charge on any atom is 0.300 e. The van der Waals surface area contributed by atoms with Gasteiger partial charge in [0, 0.05) is 5.69 Å². The second kappa shape index (κ2) is 8.82.